The van der Waals surface area contributed by atoms with Gasteiger partial charge in [-0.2, -0.15) is 4.21 Å². The van der Waals surface area contributed by atoms with Crippen molar-refractivity contribution in [3.63, 3.8) is 0 Å². The van der Waals surface area contributed by atoms with Gasteiger partial charge in [0.1, 0.15) is 0 Å². The number of rotatable bonds is 6. The summed E-state index contributed by atoms with van der Waals surface area (Å²) in [7, 11) is 0. The SMILES string of the molecule is C=CCOS(=O)OCc1ccccc1. The highest BCUT2D eigenvalue weighted by atomic mass is 32.2. The Balaban J connectivity index is 2.27. The molecule has 0 aliphatic heterocycles. The molecule has 0 aliphatic rings. The lowest BCUT2D eigenvalue weighted by Crippen LogP contribution is -2.02. The molecule has 1 atom stereocenters. The zero-order valence-electron chi connectivity index (χ0n) is 7.72. The van der Waals surface area contributed by atoms with Crippen molar-refractivity contribution < 1.29 is 12.6 Å². The van der Waals surface area contributed by atoms with Crippen LogP contribution in [0.15, 0.2) is 43.0 Å². The molecule has 76 valence electrons. The van der Waals surface area contributed by atoms with Crippen LogP contribution in [0.1, 0.15) is 5.56 Å². The Hall–Kier alpha value is -0.970. The quantitative estimate of drug-likeness (QED) is 0.676. The van der Waals surface area contributed by atoms with Crippen LogP contribution in [0.4, 0.5) is 0 Å². The summed E-state index contributed by atoms with van der Waals surface area (Å²) in [6.07, 6.45) is 1.52. The molecule has 0 spiro atoms. The molecule has 0 fully saturated rings. The Morgan fingerprint density at radius 3 is 2.64 bits per heavy atom. The maximum Gasteiger partial charge on any atom is 0.305 e. The average Bonchev–Trinajstić information content (AvgIpc) is 2.25. The summed E-state index contributed by atoms with van der Waals surface area (Å²) >= 11 is -1.69. The van der Waals surface area contributed by atoms with Gasteiger partial charge in [0.15, 0.2) is 0 Å². The summed E-state index contributed by atoms with van der Waals surface area (Å²) in [5.74, 6) is 0. The molecule has 4 heteroatoms. The Labute approximate surface area is 86.2 Å². The Morgan fingerprint density at radius 2 is 2.00 bits per heavy atom. The molecular weight excluding hydrogens is 200 g/mol. The first-order valence-corrected chi connectivity index (χ1v) is 5.16. The van der Waals surface area contributed by atoms with Gasteiger partial charge in [-0.1, -0.05) is 36.4 Å². The minimum absolute atomic E-state index is 0.224. The molecule has 1 aromatic rings. The lowest BCUT2D eigenvalue weighted by Gasteiger charge is -2.01. The van der Waals surface area contributed by atoms with Gasteiger partial charge in [0.05, 0.1) is 13.2 Å². The van der Waals surface area contributed by atoms with E-state index in [1.165, 1.54) is 6.08 Å². The van der Waals surface area contributed by atoms with Gasteiger partial charge in [-0.15, -0.1) is 6.58 Å². The van der Waals surface area contributed by atoms with E-state index >= 15 is 0 Å². The zero-order chi connectivity index (χ0) is 10.2. The van der Waals surface area contributed by atoms with Crippen LogP contribution in [0.25, 0.3) is 0 Å². The molecule has 1 aromatic carbocycles. The molecule has 0 saturated carbocycles. The van der Waals surface area contributed by atoms with Crippen LogP contribution in [0.3, 0.4) is 0 Å². The third kappa shape index (κ3) is 4.32. The minimum Gasteiger partial charge on any atom is -0.264 e. The predicted octanol–water partition coefficient (Wildman–Crippen LogP) is 1.98. The fourth-order valence-corrected chi connectivity index (χ4v) is 1.34. The van der Waals surface area contributed by atoms with Crippen molar-refractivity contribution in [3.05, 3.63) is 48.6 Å². The molecule has 0 aliphatic carbocycles. The van der Waals surface area contributed by atoms with E-state index in [0.717, 1.165) is 5.56 Å². The topological polar surface area (TPSA) is 35.5 Å². The van der Waals surface area contributed by atoms with Crippen LogP contribution in [-0.4, -0.2) is 10.8 Å². The van der Waals surface area contributed by atoms with Gasteiger partial charge in [-0.05, 0) is 5.56 Å². The summed E-state index contributed by atoms with van der Waals surface area (Å²) in [6.45, 7) is 3.94. The number of benzene rings is 1. The molecule has 0 bridgehead atoms. The molecule has 1 rings (SSSR count). The number of hydrogen-bond acceptors (Lipinski definition) is 3. The van der Waals surface area contributed by atoms with E-state index in [2.05, 4.69) is 6.58 Å². The van der Waals surface area contributed by atoms with Gasteiger partial charge >= 0.3 is 11.4 Å². The van der Waals surface area contributed by atoms with Crippen LogP contribution >= 0.6 is 0 Å². The maximum absolute atomic E-state index is 11.0. The first-order chi connectivity index (χ1) is 6.83. The van der Waals surface area contributed by atoms with E-state index in [1.54, 1.807) is 0 Å². The van der Waals surface area contributed by atoms with E-state index in [4.69, 9.17) is 8.37 Å². The third-order valence-electron chi connectivity index (χ3n) is 1.45. The molecule has 0 saturated heterocycles. The van der Waals surface area contributed by atoms with Crippen molar-refractivity contribution in [1.29, 1.82) is 0 Å². The highest BCUT2D eigenvalue weighted by Crippen LogP contribution is 2.02. The molecule has 0 heterocycles. The van der Waals surface area contributed by atoms with Crippen LogP contribution < -0.4 is 0 Å². The predicted molar refractivity (Wildman–Crippen MR) is 55.5 cm³/mol. The Morgan fingerprint density at radius 1 is 1.29 bits per heavy atom. The average molecular weight is 212 g/mol. The van der Waals surface area contributed by atoms with Crippen molar-refractivity contribution in [2.75, 3.05) is 6.61 Å². The fourth-order valence-electron chi connectivity index (χ4n) is 0.828. The van der Waals surface area contributed by atoms with E-state index < -0.39 is 11.4 Å². The third-order valence-corrected chi connectivity index (χ3v) is 2.09. The van der Waals surface area contributed by atoms with E-state index in [0.29, 0.717) is 0 Å². The second kappa shape index (κ2) is 6.48. The summed E-state index contributed by atoms with van der Waals surface area (Å²) in [5.41, 5.74) is 0.961. The monoisotopic (exact) mass is 212 g/mol. The minimum atomic E-state index is -1.69. The van der Waals surface area contributed by atoms with Crippen molar-refractivity contribution in [2.24, 2.45) is 0 Å². The fraction of sp³-hybridized carbons (Fsp3) is 0.200. The summed E-state index contributed by atoms with van der Waals surface area (Å²) in [5, 5.41) is 0. The Kier molecular flexibility index (Phi) is 5.14. The summed E-state index contributed by atoms with van der Waals surface area (Å²) < 4.78 is 20.7. The smallest absolute Gasteiger partial charge is 0.264 e. The van der Waals surface area contributed by atoms with E-state index in [-0.39, 0.29) is 13.2 Å². The molecule has 0 amide bonds. The Bertz CT molecular complexity index is 297. The van der Waals surface area contributed by atoms with Crippen LogP contribution in [-0.2, 0) is 26.3 Å². The standard InChI is InChI=1S/C10H12O3S/c1-2-8-12-14(11)13-9-10-6-4-3-5-7-10/h2-7H,1,8-9H2. The van der Waals surface area contributed by atoms with Gasteiger partial charge in [-0.3, -0.25) is 8.37 Å². The molecule has 0 aromatic heterocycles. The molecular formula is C10H12O3S. The highest BCUT2D eigenvalue weighted by Gasteiger charge is 1.99. The number of hydrogen-bond donors (Lipinski definition) is 0. The van der Waals surface area contributed by atoms with Crippen LogP contribution in [0.5, 0.6) is 0 Å². The highest BCUT2D eigenvalue weighted by molar-refractivity contribution is 7.75. The van der Waals surface area contributed by atoms with Gasteiger partial charge in [0.2, 0.25) is 0 Å². The van der Waals surface area contributed by atoms with E-state index in [1.807, 2.05) is 30.3 Å². The van der Waals surface area contributed by atoms with Crippen molar-refractivity contribution in [3.8, 4) is 0 Å². The van der Waals surface area contributed by atoms with Crippen LogP contribution in [0.2, 0.25) is 0 Å². The van der Waals surface area contributed by atoms with Crippen molar-refractivity contribution >= 4 is 11.4 Å². The second-order valence-corrected chi connectivity index (χ2v) is 3.40. The molecule has 1 unspecified atom stereocenters. The molecule has 3 nitrogen and oxygen atoms in total. The summed E-state index contributed by atoms with van der Waals surface area (Å²) in [4.78, 5) is 0. The van der Waals surface area contributed by atoms with Crippen molar-refractivity contribution in [1.82, 2.24) is 0 Å². The van der Waals surface area contributed by atoms with Gasteiger partial charge in [0, 0.05) is 0 Å². The second-order valence-electron chi connectivity index (χ2n) is 2.53. The zero-order valence-corrected chi connectivity index (χ0v) is 8.53. The van der Waals surface area contributed by atoms with Crippen LogP contribution in [0, 0.1) is 0 Å². The van der Waals surface area contributed by atoms with Gasteiger partial charge in [-0.25, -0.2) is 0 Å². The molecule has 0 radical (unpaired) electrons. The summed E-state index contributed by atoms with van der Waals surface area (Å²) in [6, 6.07) is 9.49. The lowest BCUT2D eigenvalue weighted by atomic mass is 10.2. The maximum atomic E-state index is 11.0. The largest absolute Gasteiger partial charge is 0.305 e. The first kappa shape index (κ1) is 11.1. The lowest BCUT2D eigenvalue weighted by molar-refractivity contribution is 0.259. The van der Waals surface area contributed by atoms with Gasteiger partial charge < -0.3 is 0 Å². The normalized spacial score (nSPS) is 12.3. The first-order valence-electron chi connectivity index (χ1n) is 4.16. The van der Waals surface area contributed by atoms with Gasteiger partial charge in [0.25, 0.3) is 0 Å². The molecule has 14 heavy (non-hydrogen) atoms. The molecule has 0 N–H and O–H groups in total. The van der Waals surface area contributed by atoms with Crippen molar-refractivity contribution in [2.45, 2.75) is 6.61 Å². The van der Waals surface area contributed by atoms with E-state index in [9.17, 15) is 4.21 Å².